The van der Waals surface area contributed by atoms with Crippen LogP contribution in [-0.2, 0) is 0 Å². The van der Waals surface area contributed by atoms with Crippen LogP contribution in [0.5, 0.6) is 5.75 Å². The summed E-state index contributed by atoms with van der Waals surface area (Å²) >= 11 is 6.05. The monoisotopic (exact) mass is 451 g/mol. The second-order valence-electron chi connectivity index (χ2n) is 6.88. The molecular weight excluding hydrogens is 438 g/mol. The third-order valence-corrected chi connectivity index (χ3v) is 5.02. The molecule has 0 aliphatic carbocycles. The number of non-ortho nitro benzene ring substituents is 1. The number of aromatic amines is 1. The fourth-order valence-corrected chi connectivity index (χ4v) is 3.58. The molecule has 1 amide bonds. The summed E-state index contributed by atoms with van der Waals surface area (Å²) in [4.78, 5) is 42.9. The van der Waals surface area contributed by atoms with Crippen LogP contribution in [0.25, 0.3) is 21.8 Å². The fraction of sp³-hybridized carbons (Fsp3) is 0.0476. The Hall–Kier alpha value is -4.31. The Balaban J connectivity index is 1.66. The first kappa shape index (κ1) is 20.9. The number of benzene rings is 2. The Labute approximate surface area is 184 Å². The largest absolute Gasteiger partial charge is 0.507 e. The lowest BCUT2D eigenvalue weighted by Crippen LogP contribution is -2.25. The highest BCUT2D eigenvalue weighted by molar-refractivity contribution is 6.30. The van der Waals surface area contributed by atoms with Crippen LogP contribution in [-0.4, -0.2) is 32.1 Å². The molecule has 4 rings (SSSR count). The van der Waals surface area contributed by atoms with Gasteiger partial charge >= 0.3 is 0 Å². The van der Waals surface area contributed by atoms with E-state index in [2.05, 4.69) is 20.5 Å². The van der Waals surface area contributed by atoms with Crippen LogP contribution in [0.2, 0.25) is 5.15 Å². The van der Waals surface area contributed by atoms with E-state index < -0.39 is 16.3 Å². The maximum absolute atomic E-state index is 12.9. The maximum Gasteiger partial charge on any atom is 0.276 e. The number of phenolic OH excluding ortho intramolecular Hbond substituents is 1. The van der Waals surface area contributed by atoms with Crippen LogP contribution in [0.15, 0.2) is 52.5 Å². The zero-order valence-corrected chi connectivity index (χ0v) is 17.2. The lowest BCUT2D eigenvalue weighted by molar-refractivity contribution is -0.384. The average Bonchev–Trinajstić information content (AvgIpc) is 2.74. The number of hydrogen-bond acceptors (Lipinski definition) is 7. The maximum atomic E-state index is 12.9. The quantitative estimate of drug-likeness (QED) is 0.142. The van der Waals surface area contributed by atoms with Crippen molar-refractivity contribution in [3.05, 3.63) is 84.8 Å². The van der Waals surface area contributed by atoms with Gasteiger partial charge in [-0.05, 0) is 36.8 Å². The van der Waals surface area contributed by atoms with E-state index in [9.17, 15) is 24.8 Å². The molecule has 0 bridgehead atoms. The molecule has 10 nitrogen and oxygen atoms in total. The van der Waals surface area contributed by atoms with Gasteiger partial charge in [0, 0.05) is 40.2 Å². The highest BCUT2D eigenvalue weighted by Crippen LogP contribution is 2.26. The van der Waals surface area contributed by atoms with E-state index in [0.29, 0.717) is 16.2 Å². The van der Waals surface area contributed by atoms with E-state index in [-0.39, 0.29) is 28.0 Å². The highest BCUT2D eigenvalue weighted by Gasteiger charge is 2.16. The molecule has 0 spiro atoms. The van der Waals surface area contributed by atoms with Gasteiger partial charge in [0.05, 0.1) is 16.7 Å². The zero-order valence-electron chi connectivity index (χ0n) is 16.4. The number of H-pyrrole nitrogens is 1. The molecule has 0 unspecified atom stereocenters. The topological polar surface area (TPSA) is 151 Å². The standard InChI is InChI=1S/C21H14ClN5O5/c1-10-6-17(22)25-15-4-3-13-19(18(10)15)23-9-14(20(13)29)21(30)26-24-8-11-7-12(27(31)32)2-5-16(11)28/h2-9,25,28H,1H3,(H,26,30)/b24-8+. The number of nitro benzene ring substituents is 1. The summed E-state index contributed by atoms with van der Waals surface area (Å²) in [6, 6.07) is 8.32. The number of aromatic hydroxyl groups is 1. The van der Waals surface area contributed by atoms with Gasteiger partial charge in [-0.25, -0.2) is 5.43 Å². The van der Waals surface area contributed by atoms with Gasteiger partial charge in [-0.2, -0.15) is 5.10 Å². The Bertz CT molecular complexity index is 1510. The number of aromatic nitrogens is 2. The summed E-state index contributed by atoms with van der Waals surface area (Å²) in [5.41, 5.74) is 3.13. The Kier molecular flexibility index (Phi) is 5.29. The van der Waals surface area contributed by atoms with Gasteiger partial charge in [0.1, 0.15) is 16.5 Å². The number of pyridine rings is 2. The van der Waals surface area contributed by atoms with E-state index in [1.807, 2.05) is 6.92 Å². The van der Waals surface area contributed by atoms with Crippen molar-refractivity contribution < 1.29 is 14.8 Å². The molecule has 0 saturated heterocycles. The van der Waals surface area contributed by atoms with E-state index in [0.717, 1.165) is 41.6 Å². The number of hydrogen-bond donors (Lipinski definition) is 3. The lowest BCUT2D eigenvalue weighted by atomic mass is 10.0. The molecule has 2 heterocycles. The smallest absolute Gasteiger partial charge is 0.276 e. The average molecular weight is 452 g/mol. The van der Waals surface area contributed by atoms with Gasteiger partial charge in [0.25, 0.3) is 11.6 Å². The van der Waals surface area contributed by atoms with E-state index in [1.165, 1.54) is 0 Å². The van der Waals surface area contributed by atoms with Gasteiger partial charge in [-0.3, -0.25) is 24.7 Å². The fourth-order valence-electron chi connectivity index (χ4n) is 3.31. The minimum atomic E-state index is -0.815. The molecule has 11 heteroatoms. The van der Waals surface area contributed by atoms with Crippen LogP contribution in [0.1, 0.15) is 21.5 Å². The molecule has 0 aliphatic rings. The van der Waals surface area contributed by atoms with Gasteiger partial charge in [0.15, 0.2) is 0 Å². The first-order chi connectivity index (χ1) is 15.3. The first-order valence-electron chi connectivity index (χ1n) is 9.18. The van der Waals surface area contributed by atoms with Gasteiger partial charge in [0.2, 0.25) is 5.43 Å². The van der Waals surface area contributed by atoms with Crippen molar-refractivity contribution in [1.82, 2.24) is 15.4 Å². The SMILES string of the molecule is Cc1cc(Cl)[nH]c2ccc3c(=O)c(C(=O)N/N=C/c4cc([N+](=O)[O-])ccc4O)cnc3c12. The molecule has 4 aromatic rings. The molecule has 2 aromatic carbocycles. The molecule has 0 radical (unpaired) electrons. The molecule has 3 N–H and O–H groups in total. The third kappa shape index (κ3) is 3.74. The van der Waals surface area contributed by atoms with Crippen LogP contribution >= 0.6 is 11.6 Å². The number of fused-ring (bicyclic) bond motifs is 3. The number of carbonyl (C=O) groups is 1. The zero-order chi connectivity index (χ0) is 23.0. The van der Waals surface area contributed by atoms with Crippen molar-refractivity contribution >= 4 is 51.2 Å². The first-order valence-corrected chi connectivity index (χ1v) is 9.55. The highest BCUT2D eigenvalue weighted by atomic mass is 35.5. The lowest BCUT2D eigenvalue weighted by Gasteiger charge is -2.08. The summed E-state index contributed by atoms with van der Waals surface area (Å²) in [5, 5.41) is 25.7. The van der Waals surface area contributed by atoms with Gasteiger partial charge < -0.3 is 10.1 Å². The third-order valence-electron chi connectivity index (χ3n) is 4.82. The molecule has 160 valence electrons. The number of amides is 1. The number of aryl methyl sites for hydroxylation is 1. The number of nitrogens with zero attached hydrogens (tertiary/aromatic N) is 3. The Morgan fingerprint density at radius 2 is 2.09 bits per heavy atom. The molecule has 0 atom stereocenters. The van der Waals surface area contributed by atoms with Crippen molar-refractivity contribution in [3.8, 4) is 5.75 Å². The van der Waals surface area contributed by atoms with Gasteiger partial charge in [-0.1, -0.05) is 11.6 Å². The number of nitro groups is 1. The summed E-state index contributed by atoms with van der Waals surface area (Å²) < 4.78 is 0. The van der Waals surface area contributed by atoms with Gasteiger partial charge in [-0.15, -0.1) is 0 Å². The number of rotatable bonds is 4. The summed E-state index contributed by atoms with van der Waals surface area (Å²) in [5.74, 6) is -1.07. The number of nitrogens with one attached hydrogen (secondary N) is 2. The van der Waals surface area contributed by atoms with E-state index in [4.69, 9.17) is 11.6 Å². The van der Waals surface area contributed by atoms with Crippen LogP contribution in [0.3, 0.4) is 0 Å². The van der Waals surface area contributed by atoms with Crippen molar-refractivity contribution in [2.75, 3.05) is 0 Å². The second-order valence-corrected chi connectivity index (χ2v) is 7.29. The predicted molar refractivity (Wildman–Crippen MR) is 119 cm³/mol. The Morgan fingerprint density at radius 1 is 1.31 bits per heavy atom. The molecular formula is C21H14ClN5O5. The summed E-state index contributed by atoms with van der Waals surface area (Å²) in [6.45, 7) is 1.84. The predicted octanol–water partition coefficient (Wildman–Crippen LogP) is 3.42. The number of hydrazone groups is 1. The van der Waals surface area contributed by atoms with Crippen molar-refractivity contribution in [1.29, 1.82) is 0 Å². The summed E-state index contributed by atoms with van der Waals surface area (Å²) in [6.07, 6.45) is 2.20. The van der Waals surface area contributed by atoms with Crippen LogP contribution in [0, 0.1) is 17.0 Å². The van der Waals surface area contributed by atoms with E-state index >= 15 is 0 Å². The van der Waals surface area contributed by atoms with Crippen molar-refractivity contribution in [2.45, 2.75) is 6.92 Å². The Morgan fingerprint density at radius 3 is 2.84 bits per heavy atom. The molecule has 0 aliphatic heterocycles. The van der Waals surface area contributed by atoms with Crippen LogP contribution < -0.4 is 10.9 Å². The minimum Gasteiger partial charge on any atom is -0.507 e. The summed E-state index contributed by atoms with van der Waals surface area (Å²) in [7, 11) is 0. The molecule has 32 heavy (non-hydrogen) atoms. The molecule has 0 saturated carbocycles. The number of phenols is 1. The number of carbonyl (C=O) groups excluding carboxylic acids is 1. The molecule has 0 fully saturated rings. The number of halogens is 1. The second kappa shape index (κ2) is 8.08. The van der Waals surface area contributed by atoms with E-state index in [1.54, 1.807) is 18.2 Å². The molecule has 2 aromatic heterocycles. The van der Waals surface area contributed by atoms with Crippen molar-refractivity contribution in [3.63, 3.8) is 0 Å². The van der Waals surface area contributed by atoms with Crippen molar-refractivity contribution in [2.24, 2.45) is 5.10 Å². The van der Waals surface area contributed by atoms with Crippen LogP contribution in [0.4, 0.5) is 5.69 Å². The normalized spacial score (nSPS) is 11.3. The minimum absolute atomic E-state index is 0.0235.